The lowest BCUT2D eigenvalue weighted by atomic mass is 10.2. The van der Waals surface area contributed by atoms with Gasteiger partial charge in [0.1, 0.15) is 0 Å². The summed E-state index contributed by atoms with van der Waals surface area (Å²) in [5.41, 5.74) is 1.94. The fourth-order valence-electron chi connectivity index (χ4n) is 1.51. The maximum Gasteiger partial charge on any atom is 0.238 e. The number of carbonyl (C=O) groups is 1. The summed E-state index contributed by atoms with van der Waals surface area (Å²) in [5, 5.41) is 6.02. The van der Waals surface area contributed by atoms with Gasteiger partial charge in [-0.3, -0.25) is 4.79 Å². The summed E-state index contributed by atoms with van der Waals surface area (Å²) in [6.45, 7) is 8.00. The van der Waals surface area contributed by atoms with Crippen molar-refractivity contribution in [2.24, 2.45) is 0 Å². The largest absolute Gasteiger partial charge is 0.325 e. The Kier molecular flexibility index (Phi) is 5.43. The monoisotopic (exact) mass is 232 g/mol. The van der Waals surface area contributed by atoms with Crippen molar-refractivity contribution >= 4 is 11.6 Å². The normalized spacial score (nSPS) is 11.9. The number of benzene rings is 1. The molecule has 92 valence electrons. The first-order valence-electron chi connectivity index (χ1n) is 5.83. The minimum Gasteiger partial charge on any atom is -0.325 e. The van der Waals surface area contributed by atoms with Gasteiger partial charge in [-0.15, -0.1) is 6.58 Å². The summed E-state index contributed by atoms with van der Waals surface area (Å²) in [6.07, 6.45) is 2.70. The van der Waals surface area contributed by atoms with Gasteiger partial charge >= 0.3 is 0 Å². The van der Waals surface area contributed by atoms with E-state index in [1.807, 2.05) is 44.2 Å². The van der Waals surface area contributed by atoms with Crippen LogP contribution in [0.4, 0.5) is 5.69 Å². The van der Waals surface area contributed by atoms with Crippen LogP contribution in [-0.2, 0) is 4.79 Å². The van der Waals surface area contributed by atoms with E-state index < -0.39 is 0 Å². The molecule has 0 aliphatic carbocycles. The van der Waals surface area contributed by atoms with E-state index in [1.165, 1.54) is 0 Å². The van der Waals surface area contributed by atoms with E-state index in [-0.39, 0.29) is 11.9 Å². The van der Waals surface area contributed by atoms with Gasteiger partial charge in [0.25, 0.3) is 0 Å². The van der Waals surface area contributed by atoms with E-state index in [4.69, 9.17) is 0 Å². The number of hydrogen-bond acceptors (Lipinski definition) is 2. The predicted molar refractivity (Wildman–Crippen MR) is 72.1 cm³/mol. The van der Waals surface area contributed by atoms with Crippen molar-refractivity contribution in [1.29, 1.82) is 0 Å². The van der Waals surface area contributed by atoms with E-state index in [1.54, 1.807) is 0 Å². The molecule has 0 fully saturated rings. The summed E-state index contributed by atoms with van der Waals surface area (Å²) >= 11 is 0. The second-order valence-electron chi connectivity index (χ2n) is 4.17. The molecular weight excluding hydrogens is 212 g/mol. The molecule has 17 heavy (non-hydrogen) atoms. The van der Waals surface area contributed by atoms with E-state index >= 15 is 0 Å². The van der Waals surface area contributed by atoms with Gasteiger partial charge in [0.05, 0.1) is 6.54 Å². The van der Waals surface area contributed by atoms with Crippen molar-refractivity contribution in [3.8, 4) is 0 Å². The average Bonchev–Trinajstić information content (AvgIpc) is 2.30. The molecule has 3 nitrogen and oxygen atoms in total. The topological polar surface area (TPSA) is 41.1 Å². The van der Waals surface area contributed by atoms with Gasteiger partial charge in [-0.2, -0.15) is 0 Å². The number of rotatable bonds is 6. The highest BCUT2D eigenvalue weighted by atomic mass is 16.1. The highest BCUT2D eigenvalue weighted by Crippen LogP contribution is 2.12. The van der Waals surface area contributed by atoms with Crippen molar-refractivity contribution in [2.75, 3.05) is 11.9 Å². The lowest BCUT2D eigenvalue weighted by molar-refractivity contribution is -0.115. The van der Waals surface area contributed by atoms with E-state index in [0.29, 0.717) is 6.54 Å². The predicted octanol–water partition coefficient (Wildman–Crippen LogP) is 2.49. The van der Waals surface area contributed by atoms with Crippen molar-refractivity contribution < 1.29 is 4.79 Å². The fourth-order valence-corrected chi connectivity index (χ4v) is 1.51. The second-order valence-corrected chi connectivity index (χ2v) is 4.17. The Labute approximate surface area is 103 Å². The Morgan fingerprint density at radius 1 is 1.47 bits per heavy atom. The highest BCUT2D eigenvalue weighted by molar-refractivity contribution is 5.92. The molecular formula is C14H20N2O. The van der Waals surface area contributed by atoms with Crippen LogP contribution in [0.3, 0.4) is 0 Å². The van der Waals surface area contributed by atoms with Crippen molar-refractivity contribution in [3.63, 3.8) is 0 Å². The highest BCUT2D eigenvalue weighted by Gasteiger charge is 2.05. The molecule has 0 aromatic heterocycles. The van der Waals surface area contributed by atoms with E-state index in [0.717, 1.165) is 17.7 Å². The van der Waals surface area contributed by atoms with Gasteiger partial charge in [0, 0.05) is 11.7 Å². The molecule has 1 amide bonds. The first-order valence-corrected chi connectivity index (χ1v) is 5.83. The Bertz CT molecular complexity index is 388. The molecule has 1 aromatic rings. The number of aryl methyl sites for hydroxylation is 1. The quantitative estimate of drug-likeness (QED) is 0.740. The van der Waals surface area contributed by atoms with Crippen LogP contribution < -0.4 is 10.6 Å². The third-order valence-electron chi connectivity index (χ3n) is 2.55. The van der Waals surface area contributed by atoms with Crippen molar-refractivity contribution in [3.05, 3.63) is 42.5 Å². The number of amides is 1. The van der Waals surface area contributed by atoms with E-state index in [9.17, 15) is 4.79 Å². The number of hydrogen-bond donors (Lipinski definition) is 2. The van der Waals surface area contributed by atoms with Crippen LogP contribution in [0.2, 0.25) is 0 Å². The molecule has 1 atom stereocenters. The molecule has 0 aliphatic heterocycles. The van der Waals surface area contributed by atoms with Gasteiger partial charge in [-0.05, 0) is 31.9 Å². The van der Waals surface area contributed by atoms with Crippen LogP contribution >= 0.6 is 0 Å². The molecule has 0 saturated heterocycles. The summed E-state index contributed by atoms with van der Waals surface area (Å²) in [5.74, 6) is -0.0183. The summed E-state index contributed by atoms with van der Waals surface area (Å²) in [7, 11) is 0. The minimum absolute atomic E-state index is 0.0183. The smallest absolute Gasteiger partial charge is 0.238 e. The first kappa shape index (κ1) is 13.5. The van der Waals surface area contributed by atoms with E-state index in [2.05, 4.69) is 17.2 Å². The molecule has 1 rings (SSSR count). The van der Waals surface area contributed by atoms with Crippen molar-refractivity contribution in [2.45, 2.75) is 26.3 Å². The molecule has 1 unspecified atom stereocenters. The third kappa shape index (κ3) is 4.83. The Hall–Kier alpha value is -1.61. The molecule has 3 heteroatoms. The number of para-hydroxylation sites is 1. The average molecular weight is 232 g/mol. The van der Waals surface area contributed by atoms with Crippen molar-refractivity contribution in [1.82, 2.24) is 5.32 Å². The Morgan fingerprint density at radius 3 is 2.82 bits per heavy atom. The zero-order valence-corrected chi connectivity index (χ0v) is 10.5. The van der Waals surface area contributed by atoms with Crippen LogP contribution in [0.25, 0.3) is 0 Å². The molecule has 0 aliphatic rings. The number of nitrogens with one attached hydrogen (secondary N) is 2. The third-order valence-corrected chi connectivity index (χ3v) is 2.55. The lowest BCUT2D eigenvalue weighted by Crippen LogP contribution is -2.34. The SMILES string of the molecule is C=CCC(C)NCC(=O)Nc1ccccc1C. The standard InChI is InChI=1S/C14H20N2O/c1-4-7-12(3)15-10-14(17)16-13-9-6-5-8-11(13)2/h4-6,8-9,12,15H,1,7,10H2,2-3H3,(H,16,17). The summed E-state index contributed by atoms with van der Waals surface area (Å²) in [4.78, 5) is 11.7. The molecule has 0 radical (unpaired) electrons. The number of carbonyl (C=O) groups excluding carboxylic acids is 1. The van der Waals surface area contributed by atoms with Gasteiger partial charge in [-0.1, -0.05) is 24.3 Å². The Morgan fingerprint density at radius 2 is 2.18 bits per heavy atom. The molecule has 0 bridgehead atoms. The summed E-state index contributed by atoms with van der Waals surface area (Å²) in [6, 6.07) is 8.02. The van der Waals surface area contributed by atoms with Crippen LogP contribution in [0.15, 0.2) is 36.9 Å². The van der Waals surface area contributed by atoms with Crippen LogP contribution in [0, 0.1) is 6.92 Å². The first-order chi connectivity index (χ1) is 8.13. The number of anilines is 1. The molecule has 2 N–H and O–H groups in total. The van der Waals surface area contributed by atoms with Gasteiger partial charge in [0.15, 0.2) is 0 Å². The van der Waals surface area contributed by atoms with Crippen LogP contribution in [0.5, 0.6) is 0 Å². The molecule has 1 aromatic carbocycles. The molecule has 0 spiro atoms. The van der Waals surface area contributed by atoms with Gasteiger partial charge in [0.2, 0.25) is 5.91 Å². The maximum absolute atomic E-state index is 11.7. The molecule has 0 saturated carbocycles. The zero-order valence-electron chi connectivity index (χ0n) is 10.5. The Balaban J connectivity index is 2.40. The van der Waals surface area contributed by atoms with Gasteiger partial charge < -0.3 is 10.6 Å². The summed E-state index contributed by atoms with van der Waals surface area (Å²) < 4.78 is 0. The minimum atomic E-state index is -0.0183. The maximum atomic E-state index is 11.7. The lowest BCUT2D eigenvalue weighted by Gasteiger charge is -2.12. The van der Waals surface area contributed by atoms with Crippen LogP contribution in [0.1, 0.15) is 18.9 Å². The van der Waals surface area contributed by atoms with Crippen LogP contribution in [-0.4, -0.2) is 18.5 Å². The second kappa shape index (κ2) is 6.86. The molecule has 0 heterocycles. The fraction of sp³-hybridized carbons (Fsp3) is 0.357. The van der Waals surface area contributed by atoms with Gasteiger partial charge in [-0.25, -0.2) is 0 Å². The zero-order chi connectivity index (χ0) is 12.7.